The first kappa shape index (κ1) is 13.7. The van der Waals surface area contributed by atoms with Gasteiger partial charge in [-0.25, -0.2) is 4.79 Å². The molecule has 1 rings (SSSR count). The maximum Gasteiger partial charge on any atom is 0.407 e. The number of alkyl carbamates (subject to hydrolysis) is 1. The van der Waals surface area contributed by atoms with Gasteiger partial charge in [0.2, 0.25) is 0 Å². The summed E-state index contributed by atoms with van der Waals surface area (Å²) in [6, 6.07) is 0. The van der Waals surface area contributed by atoms with E-state index in [1.54, 1.807) is 20.8 Å². The zero-order valence-electron chi connectivity index (χ0n) is 10.5. The van der Waals surface area contributed by atoms with Crippen LogP contribution in [0.3, 0.4) is 0 Å². The minimum atomic E-state index is -0.888. The minimum absolute atomic E-state index is 0.0944. The first-order chi connectivity index (χ1) is 7.88. The Kier molecular flexibility index (Phi) is 4.26. The molecule has 0 spiro atoms. The molecule has 0 saturated heterocycles. The largest absolute Gasteiger partial charge is 0.450 e. The third-order valence-electron chi connectivity index (χ3n) is 2.91. The van der Waals surface area contributed by atoms with Gasteiger partial charge in [0.15, 0.2) is 0 Å². The summed E-state index contributed by atoms with van der Waals surface area (Å²) in [5, 5.41) is 2.58. The molecule has 1 aliphatic rings. The lowest BCUT2D eigenvalue weighted by atomic mass is 9.75. The summed E-state index contributed by atoms with van der Waals surface area (Å²) in [5.74, 6) is -0.938. The summed E-state index contributed by atoms with van der Waals surface area (Å²) in [7, 11) is 0. The molecule has 0 bridgehead atoms. The van der Waals surface area contributed by atoms with Crippen LogP contribution in [0.5, 0.6) is 0 Å². The summed E-state index contributed by atoms with van der Waals surface area (Å²) in [6.45, 7) is 5.31. The Balaban J connectivity index is 2.76. The summed E-state index contributed by atoms with van der Waals surface area (Å²) in [6.07, 6.45) is 0.835. The van der Waals surface area contributed by atoms with Crippen LogP contribution in [0.1, 0.15) is 40.0 Å². The lowest BCUT2D eigenvalue weighted by molar-refractivity contribution is -0.138. The standard InChI is InChI=1S/C12H19NO4/c1-4-17-11(16)13-12(2,3)10-8(14)6-5-7-9(10)15/h10H,4-7H2,1-3H3,(H,13,16). The van der Waals surface area contributed by atoms with Crippen molar-refractivity contribution in [2.45, 2.75) is 45.6 Å². The highest BCUT2D eigenvalue weighted by molar-refractivity contribution is 6.06. The molecule has 0 aromatic carbocycles. The number of carbonyl (C=O) groups is 3. The van der Waals surface area contributed by atoms with Gasteiger partial charge in [-0.1, -0.05) is 0 Å². The van der Waals surface area contributed by atoms with Gasteiger partial charge in [-0.05, 0) is 27.2 Å². The molecule has 0 aliphatic heterocycles. The Bertz CT molecular complexity index is 319. The average Bonchev–Trinajstić information content (AvgIpc) is 2.15. The van der Waals surface area contributed by atoms with Gasteiger partial charge in [0.05, 0.1) is 18.1 Å². The number of rotatable bonds is 3. The number of hydrogen-bond donors (Lipinski definition) is 1. The normalized spacial score (nSPS) is 18.1. The number of carbonyl (C=O) groups excluding carboxylic acids is 3. The molecule has 0 radical (unpaired) electrons. The van der Waals surface area contributed by atoms with Gasteiger partial charge < -0.3 is 10.1 Å². The molecule has 5 heteroatoms. The molecule has 0 atom stereocenters. The van der Waals surface area contributed by atoms with Crippen molar-refractivity contribution < 1.29 is 19.1 Å². The fourth-order valence-corrected chi connectivity index (χ4v) is 2.21. The van der Waals surface area contributed by atoms with Crippen LogP contribution < -0.4 is 5.32 Å². The lowest BCUT2D eigenvalue weighted by Gasteiger charge is -2.34. The van der Waals surface area contributed by atoms with Gasteiger partial charge in [0.25, 0.3) is 0 Å². The second kappa shape index (κ2) is 5.29. The SMILES string of the molecule is CCOC(=O)NC(C)(C)C1C(=O)CCCC1=O. The molecule has 1 fully saturated rings. The highest BCUT2D eigenvalue weighted by atomic mass is 16.5. The first-order valence-corrected chi connectivity index (χ1v) is 5.89. The second-order valence-electron chi connectivity index (χ2n) is 4.79. The summed E-state index contributed by atoms with van der Waals surface area (Å²) >= 11 is 0. The highest BCUT2D eigenvalue weighted by Gasteiger charge is 2.43. The van der Waals surface area contributed by atoms with E-state index in [2.05, 4.69) is 5.32 Å². The maximum atomic E-state index is 11.8. The molecule has 0 unspecified atom stereocenters. The van der Waals surface area contributed by atoms with Crippen LogP contribution in [0.15, 0.2) is 0 Å². The molecular formula is C12H19NO4. The van der Waals surface area contributed by atoms with Crippen LogP contribution in [-0.2, 0) is 14.3 Å². The fraction of sp³-hybridized carbons (Fsp3) is 0.750. The Morgan fingerprint density at radius 3 is 2.35 bits per heavy atom. The van der Waals surface area contributed by atoms with Crippen molar-refractivity contribution in [2.24, 2.45) is 5.92 Å². The number of hydrogen-bond acceptors (Lipinski definition) is 4. The van der Waals surface area contributed by atoms with Gasteiger partial charge in [0.1, 0.15) is 11.6 Å². The van der Waals surface area contributed by atoms with E-state index in [0.29, 0.717) is 19.3 Å². The number of ketones is 2. The van der Waals surface area contributed by atoms with Crippen molar-refractivity contribution in [3.05, 3.63) is 0 Å². The minimum Gasteiger partial charge on any atom is -0.450 e. The molecule has 0 aromatic heterocycles. The molecule has 1 N–H and O–H groups in total. The smallest absolute Gasteiger partial charge is 0.407 e. The van der Waals surface area contributed by atoms with Crippen molar-refractivity contribution in [1.82, 2.24) is 5.32 Å². The molecule has 1 saturated carbocycles. The molecule has 5 nitrogen and oxygen atoms in total. The van der Waals surface area contributed by atoms with E-state index in [0.717, 1.165) is 0 Å². The number of ether oxygens (including phenoxy) is 1. The molecule has 0 aromatic rings. The van der Waals surface area contributed by atoms with Crippen molar-refractivity contribution in [1.29, 1.82) is 0 Å². The van der Waals surface area contributed by atoms with Crippen molar-refractivity contribution in [2.75, 3.05) is 6.61 Å². The van der Waals surface area contributed by atoms with Crippen LogP contribution in [0.4, 0.5) is 4.79 Å². The molecule has 1 amide bonds. The van der Waals surface area contributed by atoms with E-state index in [-0.39, 0.29) is 18.2 Å². The summed E-state index contributed by atoms with van der Waals surface area (Å²) in [5.41, 5.74) is -0.888. The number of nitrogens with one attached hydrogen (secondary N) is 1. The predicted octanol–water partition coefficient (Wildman–Crippen LogP) is 1.45. The van der Waals surface area contributed by atoms with Crippen LogP contribution in [0.2, 0.25) is 0 Å². The fourth-order valence-electron chi connectivity index (χ4n) is 2.21. The first-order valence-electron chi connectivity index (χ1n) is 5.89. The van der Waals surface area contributed by atoms with E-state index in [1.807, 2.05) is 0 Å². The van der Waals surface area contributed by atoms with E-state index in [9.17, 15) is 14.4 Å². The van der Waals surface area contributed by atoms with Gasteiger partial charge in [0, 0.05) is 12.8 Å². The second-order valence-corrected chi connectivity index (χ2v) is 4.79. The average molecular weight is 241 g/mol. The quantitative estimate of drug-likeness (QED) is 0.759. The topological polar surface area (TPSA) is 72.5 Å². The maximum absolute atomic E-state index is 11.8. The molecule has 17 heavy (non-hydrogen) atoms. The van der Waals surface area contributed by atoms with E-state index < -0.39 is 17.6 Å². The molecule has 0 heterocycles. The zero-order chi connectivity index (χ0) is 13.1. The van der Waals surface area contributed by atoms with Crippen molar-refractivity contribution in [3.8, 4) is 0 Å². The van der Waals surface area contributed by atoms with Crippen LogP contribution in [0, 0.1) is 5.92 Å². The predicted molar refractivity (Wildman–Crippen MR) is 61.6 cm³/mol. The van der Waals surface area contributed by atoms with Crippen LogP contribution in [0.25, 0.3) is 0 Å². The third-order valence-corrected chi connectivity index (χ3v) is 2.91. The number of Topliss-reactive ketones (excluding diaryl/α,β-unsaturated/α-hetero) is 2. The van der Waals surface area contributed by atoms with Crippen LogP contribution in [-0.4, -0.2) is 29.8 Å². The third kappa shape index (κ3) is 3.28. The highest BCUT2D eigenvalue weighted by Crippen LogP contribution is 2.27. The van der Waals surface area contributed by atoms with Gasteiger partial charge in [-0.3, -0.25) is 9.59 Å². The zero-order valence-corrected chi connectivity index (χ0v) is 10.5. The van der Waals surface area contributed by atoms with Gasteiger partial charge in [-0.2, -0.15) is 0 Å². The van der Waals surface area contributed by atoms with E-state index in [4.69, 9.17) is 4.74 Å². The van der Waals surface area contributed by atoms with E-state index >= 15 is 0 Å². The number of amides is 1. The Morgan fingerprint density at radius 1 is 1.35 bits per heavy atom. The monoisotopic (exact) mass is 241 g/mol. The Morgan fingerprint density at radius 2 is 1.88 bits per heavy atom. The Labute approximate surface area is 101 Å². The Hall–Kier alpha value is -1.39. The molecule has 1 aliphatic carbocycles. The van der Waals surface area contributed by atoms with Crippen LogP contribution >= 0.6 is 0 Å². The van der Waals surface area contributed by atoms with Crippen molar-refractivity contribution in [3.63, 3.8) is 0 Å². The molecular weight excluding hydrogens is 222 g/mol. The van der Waals surface area contributed by atoms with Gasteiger partial charge >= 0.3 is 6.09 Å². The van der Waals surface area contributed by atoms with Gasteiger partial charge in [-0.15, -0.1) is 0 Å². The molecule has 96 valence electrons. The lowest BCUT2D eigenvalue weighted by Crippen LogP contribution is -2.55. The summed E-state index contributed by atoms with van der Waals surface area (Å²) in [4.78, 5) is 34.9. The van der Waals surface area contributed by atoms with E-state index in [1.165, 1.54) is 0 Å². The van der Waals surface area contributed by atoms with Crippen molar-refractivity contribution >= 4 is 17.7 Å². The summed E-state index contributed by atoms with van der Waals surface area (Å²) < 4.78 is 4.77.